The van der Waals surface area contributed by atoms with E-state index in [0.29, 0.717) is 5.00 Å². The van der Waals surface area contributed by atoms with Gasteiger partial charge in [0, 0.05) is 4.88 Å². The fraction of sp³-hybridized carbons (Fsp3) is 0.300. The van der Waals surface area contributed by atoms with Gasteiger partial charge in [0.2, 0.25) is 0 Å². The van der Waals surface area contributed by atoms with Crippen molar-refractivity contribution in [3.05, 3.63) is 53.3 Å². The number of nitriles is 1. The average Bonchev–Trinajstić information content (AvgIpc) is 3.03. The first-order valence-electron chi connectivity index (χ1n) is 8.10. The Kier molecular flexibility index (Phi) is 5.66. The molecule has 5 heteroatoms. The lowest BCUT2D eigenvalue weighted by atomic mass is 9.82. The summed E-state index contributed by atoms with van der Waals surface area (Å²) in [6, 6.07) is 13.9. The van der Waals surface area contributed by atoms with Crippen molar-refractivity contribution >= 4 is 22.2 Å². The molecule has 130 valence electrons. The Labute approximate surface area is 152 Å². The lowest BCUT2D eigenvalue weighted by Gasteiger charge is -2.23. The summed E-state index contributed by atoms with van der Waals surface area (Å²) in [5, 5.41) is 21.6. The summed E-state index contributed by atoms with van der Waals surface area (Å²) in [7, 11) is 0. The minimum absolute atomic E-state index is 0.148. The van der Waals surface area contributed by atoms with Gasteiger partial charge in [-0.25, -0.2) is 0 Å². The Balaban J connectivity index is 2.18. The lowest BCUT2D eigenvalue weighted by Crippen LogP contribution is -2.14. The van der Waals surface area contributed by atoms with E-state index in [4.69, 9.17) is 5.26 Å². The third kappa shape index (κ3) is 4.28. The van der Waals surface area contributed by atoms with Crippen LogP contribution in [0, 0.1) is 11.3 Å². The van der Waals surface area contributed by atoms with Crippen LogP contribution in [0.1, 0.15) is 39.7 Å². The molecule has 0 saturated carbocycles. The summed E-state index contributed by atoms with van der Waals surface area (Å²) >= 11 is 1.43. The summed E-state index contributed by atoms with van der Waals surface area (Å²) in [4.78, 5) is 13.0. The Bertz CT molecular complexity index is 835. The molecule has 4 nitrogen and oxygen atoms in total. The topological polar surface area (TPSA) is 73.1 Å². The zero-order valence-corrected chi connectivity index (χ0v) is 15.7. The summed E-state index contributed by atoms with van der Waals surface area (Å²) in [5.41, 5.74) is 2.25. The molecule has 2 N–H and O–H groups in total. The standard InChI is InChI=1S/C20H22N2O2S/c1-5-20(3,4)15-8-6-14(7-9-15)17-10-11-18(25-17)22-19(24)16(12-21)13(2)23/h6-11,23H,5H2,1-4H3,(H,22,24)/b16-13-. The Morgan fingerprint density at radius 2 is 1.88 bits per heavy atom. The van der Waals surface area contributed by atoms with Gasteiger partial charge in [0.1, 0.15) is 11.8 Å². The van der Waals surface area contributed by atoms with Crippen LogP contribution in [0.15, 0.2) is 47.7 Å². The van der Waals surface area contributed by atoms with Crippen molar-refractivity contribution in [2.75, 3.05) is 5.32 Å². The average molecular weight is 354 g/mol. The first-order chi connectivity index (χ1) is 11.8. The molecule has 0 atom stereocenters. The van der Waals surface area contributed by atoms with E-state index in [9.17, 15) is 9.90 Å². The molecule has 0 saturated heterocycles. The first kappa shape index (κ1) is 18.8. The molecule has 1 aromatic heterocycles. The molecule has 0 unspecified atom stereocenters. The number of carbonyl (C=O) groups excluding carboxylic acids is 1. The van der Waals surface area contributed by atoms with Gasteiger partial charge in [0.05, 0.1) is 5.00 Å². The van der Waals surface area contributed by atoms with E-state index in [1.807, 2.05) is 6.07 Å². The van der Waals surface area contributed by atoms with E-state index in [1.165, 1.54) is 23.8 Å². The van der Waals surface area contributed by atoms with Gasteiger partial charge in [-0.1, -0.05) is 45.0 Å². The van der Waals surface area contributed by atoms with Crippen molar-refractivity contribution in [1.82, 2.24) is 0 Å². The van der Waals surface area contributed by atoms with Crippen LogP contribution in [0.3, 0.4) is 0 Å². The number of rotatable bonds is 5. The monoisotopic (exact) mass is 354 g/mol. The number of hydrogen-bond acceptors (Lipinski definition) is 4. The summed E-state index contributed by atoms with van der Waals surface area (Å²) < 4.78 is 0. The normalized spacial score (nSPS) is 12.3. The minimum atomic E-state index is -0.601. The van der Waals surface area contributed by atoms with Crippen LogP contribution < -0.4 is 5.32 Å². The highest BCUT2D eigenvalue weighted by Crippen LogP contribution is 2.34. The Morgan fingerprint density at radius 1 is 1.24 bits per heavy atom. The second-order valence-electron chi connectivity index (χ2n) is 6.51. The molecule has 1 amide bonds. The molecule has 0 radical (unpaired) electrons. The SMILES string of the molecule is CCC(C)(C)c1ccc(-c2ccc(NC(=O)/C(C#N)=C(/C)O)s2)cc1. The summed E-state index contributed by atoms with van der Waals surface area (Å²) in [6.07, 6.45) is 1.07. The van der Waals surface area contributed by atoms with Crippen molar-refractivity contribution < 1.29 is 9.90 Å². The second-order valence-corrected chi connectivity index (χ2v) is 7.59. The van der Waals surface area contributed by atoms with Crippen LogP contribution in [0.5, 0.6) is 0 Å². The fourth-order valence-corrected chi connectivity index (χ4v) is 3.23. The molecule has 2 aromatic rings. The number of anilines is 1. The van der Waals surface area contributed by atoms with Crippen LogP contribution in [0.4, 0.5) is 5.00 Å². The predicted octanol–water partition coefficient (Wildman–Crippen LogP) is 5.40. The maximum atomic E-state index is 12.0. The van der Waals surface area contributed by atoms with Crippen LogP contribution >= 0.6 is 11.3 Å². The number of aliphatic hydroxyl groups excluding tert-OH is 1. The number of hydrogen-bond donors (Lipinski definition) is 2. The quantitative estimate of drug-likeness (QED) is 0.429. The van der Waals surface area contributed by atoms with Gasteiger partial charge in [-0.05, 0) is 42.0 Å². The van der Waals surface area contributed by atoms with Gasteiger partial charge >= 0.3 is 0 Å². The predicted molar refractivity (Wildman–Crippen MR) is 103 cm³/mol. The summed E-state index contributed by atoms with van der Waals surface area (Å²) in [5.74, 6) is -0.887. The van der Waals surface area contributed by atoms with E-state index >= 15 is 0 Å². The molecule has 0 aliphatic carbocycles. The third-order valence-electron chi connectivity index (χ3n) is 4.38. The van der Waals surface area contributed by atoms with Crippen molar-refractivity contribution in [2.24, 2.45) is 0 Å². The van der Waals surface area contributed by atoms with Gasteiger partial charge in [-0.2, -0.15) is 5.26 Å². The molecule has 0 aliphatic heterocycles. The molecule has 2 rings (SSSR count). The number of benzene rings is 1. The number of amides is 1. The smallest absolute Gasteiger partial charge is 0.270 e. The highest BCUT2D eigenvalue weighted by atomic mass is 32.1. The van der Waals surface area contributed by atoms with Gasteiger partial charge in [-0.15, -0.1) is 11.3 Å². The lowest BCUT2D eigenvalue weighted by molar-refractivity contribution is -0.112. The van der Waals surface area contributed by atoms with E-state index < -0.39 is 5.91 Å². The van der Waals surface area contributed by atoms with Crippen LogP contribution in [0.25, 0.3) is 10.4 Å². The Hall–Kier alpha value is -2.58. The molecular formula is C20H22N2O2S. The highest BCUT2D eigenvalue weighted by Gasteiger charge is 2.18. The van der Waals surface area contributed by atoms with Gasteiger partial charge in [0.25, 0.3) is 5.91 Å². The maximum Gasteiger partial charge on any atom is 0.270 e. The van der Waals surface area contributed by atoms with Gasteiger partial charge in [0.15, 0.2) is 5.57 Å². The zero-order chi connectivity index (χ0) is 18.6. The third-order valence-corrected chi connectivity index (χ3v) is 5.43. The zero-order valence-electron chi connectivity index (χ0n) is 14.9. The maximum absolute atomic E-state index is 12.0. The summed E-state index contributed by atoms with van der Waals surface area (Å²) in [6.45, 7) is 7.95. The molecule has 1 aromatic carbocycles. The van der Waals surface area contributed by atoms with Gasteiger partial charge < -0.3 is 10.4 Å². The number of carbonyl (C=O) groups is 1. The highest BCUT2D eigenvalue weighted by molar-refractivity contribution is 7.19. The number of allylic oxidation sites excluding steroid dienone is 1. The Morgan fingerprint density at radius 3 is 2.40 bits per heavy atom. The molecule has 0 spiro atoms. The van der Waals surface area contributed by atoms with E-state index in [1.54, 1.807) is 12.1 Å². The van der Waals surface area contributed by atoms with E-state index in [2.05, 4.69) is 50.4 Å². The van der Waals surface area contributed by atoms with Crippen molar-refractivity contribution in [1.29, 1.82) is 5.26 Å². The van der Waals surface area contributed by atoms with E-state index in [-0.39, 0.29) is 16.7 Å². The largest absolute Gasteiger partial charge is 0.511 e. The number of nitrogens with zero attached hydrogens (tertiary/aromatic N) is 1. The van der Waals surface area contributed by atoms with Crippen LogP contribution in [-0.4, -0.2) is 11.0 Å². The molecular weight excluding hydrogens is 332 g/mol. The molecule has 0 bridgehead atoms. The molecule has 25 heavy (non-hydrogen) atoms. The van der Waals surface area contributed by atoms with Crippen molar-refractivity contribution in [3.8, 4) is 16.5 Å². The number of nitrogens with one attached hydrogen (secondary N) is 1. The second kappa shape index (κ2) is 7.54. The van der Waals surface area contributed by atoms with Crippen LogP contribution in [0.2, 0.25) is 0 Å². The first-order valence-corrected chi connectivity index (χ1v) is 8.92. The number of thiophene rings is 1. The minimum Gasteiger partial charge on any atom is -0.511 e. The van der Waals surface area contributed by atoms with Crippen molar-refractivity contribution in [3.63, 3.8) is 0 Å². The molecule has 0 fully saturated rings. The fourth-order valence-electron chi connectivity index (χ4n) is 2.32. The molecule has 0 aliphatic rings. The molecule has 1 heterocycles. The van der Waals surface area contributed by atoms with Crippen molar-refractivity contribution in [2.45, 2.75) is 39.5 Å². The van der Waals surface area contributed by atoms with E-state index in [0.717, 1.165) is 16.9 Å². The van der Waals surface area contributed by atoms with Gasteiger partial charge in [-0.3, -0.25) is 4.79 Å². The number of aliphatic hydroxyl groups is 1. The van der Waals surface area contributed by atoms with Crippen LogP contribution in [-0.2, 0) is 10.2 Å².